The third-order valence-electron chi connectivity index (χ3n) is 2.20. The summed E-state index contributed by atoms with van der Waals surface area (Å²) in [6, 6.07) is 4.98. The van der Waals surface area contributed by atoms with Gasteiger partial charge in [-0.3, -0.25) is 4.79 Å². The Labute approximate surface area is 87.3 Å². The van der Waals surface area contributed by atoms with Crippen LogP contribution in [0.1, 0.15) is 5.56 Å². The predicted octanol–water partition coefficient (Wildman–Crippen LogP) is 2.26. The zero-order valence-electron chi connectivity index (χ0n) is 7.82. The lowest BCUT2D eigenvalue weighted by Crippen LogP contribution is -2.16. The van der Waals surface area contributed by atoms with Crippen LogP contribution in [0.15, 0.2) is 35.1 Å². The Morgan fingerprint density at radius 1 is 1.12 bits per heavy atom. The molecule has 0 radical (unpaired) electrons. The van der Waals surface area contributed by atoms with Crippen molar-refractivity contribution in [2.75, 3.05) is 0 Å². The Balaban J connectivity index is 2.75. The van der Waals surface area contributed by atoms with E-state index in [1.54, 1.807) is 0 Å². The van der Waals surface area contributed by atoms with Gasteiger partial charge < -0.3 is 5.21 Å². The average Bonchev–Trinajstić information content (AvgIpc) is 2.22. The minimum absolute atomic E-state index is 0.0421. The molecule has 1 aromatic heterocycles. The van der Waals surface area contributed by atoms with Gasteiger partial charge in [0.2, 0.25) is 0 Å². The summed E-state index contributed by atoms with van der Waals surface area (Å²) in [4.78, 5) is 11.0. The molecule has 0 atom stereocenters. The molecule has 3 nitrogen and oxygen atoms in total. The number of pyridine rings is 1. The summed E-state index contributed by atoms with van der Waals surface area (Å²) < 4.78 is 37.4. The zero-order chi connectivity index (χ0) is 11.9. The molecule has 84 valence electrons. The second-order valence-corrected chi connectivity index (χ2v) is 3.25. The van der Waals surface area contributed by atoms with Crippen LogP contribution in [0.4, 0.5) is 13.2 Å². The van der Waals surface area contributed by atoms with Crippen LogP contribution < -0.4 is 5.56 Å². The molecule has 2 aromatic rings. The Morgan fingerprint density at radius 3 is 2.44 bits per heavy atom. The largest absolute Gasteiger partial charge is 0.425 e. The van der Waals surface area contributed by atoms with E-state index < -0.39 is 17.3 Å². The first-order chi connectivity index (χ1) is 7.39. The molecule has 6 heteroatoms. The molecule has 0 saturated carbocycles. The fourth-order valence-electron chi connectivity index (χ4n) is 1.41. The van der Waals surface area contributed by atoms with E-state index in [-0.39, 0.29) is 10.9 Å². The SMILES string of the molecule is O=c1ccc2cc(C(F)(F)F)ccc2n1O. The smallest absolute Gasteiger partial charge is 0.416 e. The van der Waals surface area contributed by atoms with Crippen molar-refractivity contribution in [3.8, 4) is 0 Å². The van der Waals surface area contributed by atoms with Crippen LogP contribution in [0.5, 0.6) is 0 Å². The van der Waals surface area contributed by atoms with Crippen LogP contribution in [-0.2, 0) is 6.18 Å². The van der Waals surface area contributed by atoms with Gasteiger partial charge >= 0.3 is 6.18 Å². The second kappa shape index (κ2) is 3.26. The molecule has 0 aliphatic heterocycles. The molecule has 0 bridgehead atoms. The summed E-state index contributed by atoms with van der Waals surface area (Å²) >= 11 is 0. The second-order valence-electron chi connectivity index (χ2n) is 3.25. The molecule has 2 rings (SSSR count). The van der Waals surface area contributed by atoms with Crippen molar-refractivity contribution < 1.29 is 18.4 Å². The van der Waals surface area contributed by atoms with E-state index in [2.05, 4.69) is 0 Å². The van der Waals surface area contributed by atoms with Gasteiger partial charge in [0.25, 0.3) is 5.56 Å². The van der Waals surface area contributed by atoms with Crippen molar-refractivity contribution in [1.29, 1.82) is 0 Å². The van der Waals surface area contributed by atoms with Crippen molar-refractivity contribution >= 4 is 10.9 Å². The van der Waals surface area contributed by atoms with Gasteiger partial charge in [0, 0.05) is 11.5 Å². The molecule has 1 N–H and O–H groups in total. The maximum absolute atomic E-state index is 12.4. The van der Waals surface area contributed by atoms with Gasteiger partial charge in [-0.2, -0.15) is 13.2 Å². The quantitative estimate of drug-likeness (QED) is 0.704. The molecule has 0 unspecified atom stereocenters. The van der Waals surface area contributed by atoms with Crippen LogP contribution in [0.25, 0.3) is 10.9 Å². The van der Waals surface area contributed by atoms with Gasteiger partial charge in [-0.1, -0.05) is 0 Å². The number of hydrogen-bond acceptors (Lipinski definition) is 2. The minimum atomic E-state index is -4.44. The molecule has 0 amide bonds. The number of rotatable bonds is 0. The van der Waals surface area contributed by atoms with E-state index in [0.717, 1.165) is 24.3 Å². The third-order valence-corrected chi connectivity index (χ3v) is 2.20. The van der Waals surface area contributed by atoms with E-state index in [1.807, 2.05) is 0 Å². The van der Waals surface area contributed by atoms with Crippen LogP contribution in [-0.4, -0.2) is 9.94 Å². The Morgan fingerprint density at radius 2 is 1.81 bits per heavy atom. The maximum atomic E-state index is 12.4. The molecule has 0 aliphatic carbocycles. The highest BCUT2D eigenvalue weighted by Gasteiger charge is 2.30. The van der Waals surface area contributed by atoms with Crippen LogP contribution >= 0.6 is 0 Å². The molecule has 16 heavy (non-hydrogen) atoms. The summed E-state index contributed by atoms with van der Waals surface area (Å²) in [5, 5.41) is 9.42. The normalized spacial score (nSPS) is 11.9. The number of hydrogen-bond donors (Lipinski definition) is 1. The van der Waals surface area contributed by atoms with E-state index >= 15 is 0 Å². The van der Waals surface area contributed by atoms with Crippen molar-refractivity contribution in [3.63, 3.8) is 0 Å². The molecule has 0 fully saturated rings. The molecular weight excluding hydrogens is 223 g/mol. The lowest BCUT2D eigenvalue weighted by atomic mass is 10.1. The highest BCUT2D eigenvalue weighted by atomic mass is 19.4. The van der Waals surface area contributed by atoms with Crippen LogP contribution in [0, 0.1) is 0 Å². The van der Waals surface area contributed by atoms with Crippen molar-refractivity contribution in [3.05, 3.63) is 46.2 Å². The number of nitrogens with zero attached hydrogens (tertiary/aromatic N) is 1. The molecule has 1 aromatic carbocycles. The molecule has 0 aliphatic rings. The number of halogens is 3. The highest BCUT2D eigenvalue weighted by molar-refractivity contribution is 5.79. The Hall–Kier alpha value is -1.98. The summed E-state index contributed by atoms with van der Waals surface area (Å²) in [6.45, 7) is 0. The summed E-state index contributed by atoms with van der Waals surface area (Å²) in [7, 11) is 0. The summed E-state index contributed by atoms with van der Waals surface area (Å²) in [5.74, 6) is 0. The molecule has 0 saturated heterocycles. The lowest BCUT2D eigenvalue weighted by Gasteiger charge is -2.08. The fourth-order valence-corrected chi connectivity index (χ4v) is 1.41. The minimum Gasteiger partial charge on any atom is -0.425 e. The molecule has 1 heterocycles. The van der Waals surface area contributed by atoms with Gasteiger partial charge in [-0.05, 0) is 24.3 Å². The van der Waals surface area contributed by atoms with E-state index in [4.69, 9.17) is 0 Å². The van der Waals surface area contributed by atoms with Crippen LogP contribution in [0.3, 0.4) is 0 Å². The first kappa shape index (κ1) is 10.5. The topological polar surface area (TPSA) is 42.2 Å². The predicted molar refractivity (Wildman–Crippen MR) is 50.4 cm³/mol. The van der Waals surface area contributed by atoms with Crippen molar-refractivity contribution in [1.82, 2.24) is 4.73 Å². The number of fused-ring (bicyclic) bond motifs is 1. The van der Waals surface area contributed by atoms with Crippen LogP contribution in [0.2, 0.25) is 0 Å². The maximum Gasteiger partial charge on any atom is 0.416 e. The number of aromatic nitrogens is 1. The standard InChI is InChI=1S/C10H6F3NO2/c11-10(12,13)7-2-3-8-6(5-7)1-4-9(15)14(8)16/h1-5,16H. The monoisotopic (exact) mass is 229 g/mol. The number of benzene rings is 1. The summed E-state index contributed by atoms with van der Waals surface area (Å²) in [5.41, 5.74) is -1.47. The summed E-state index contributed by atoms with van der Waals surface area (Å²) in [6.07, 6.45) is -4.44. The first-order valence-corrected chi connectivity index (χ1v) is 4.32. The fraction of sp³-hybridized carbons (Fsp3) is 0.100. The zero-order valence-corrected chi connectivity index (χ0v) is 7.82. The lowest BCUT2D eigenvalue weighted by molar-refractivity contribution is -0.137. The van der Waals surface area contributed by atoms with Gasteiger partial charge in [-0.25, -0.2) is 0 Å². The van der Waals surface area contributed by atoms with Gasteiger partial charge in [0.1, 0.15) is 0 Å². The van der Waals surface area contributed by atoms with E-state index in [0.29, 0.717) is 4.73 Å². The van der Waals surface area contributed by atoms with Crippen molar-refractivity contribution in [2.24, 2.45) is 0 Å². The Bertz CT molecular complexity index is 601. The van der Waals surface area contributed by atoms with Gasteiger partial charge in [0.15, 0.2) is 0 Å². The van der Waals surface area contributed by atoms with Crippen molar-refractivity contribution in [2.45, 2.75) is 6.18 Å². The van der Waals surface area contributed by atoms with Gasteiger partial charge in [0.05, 0.1) is 11.1 Å². The average molecular weight is 229 g/mol. The number of alkyl halides is 3. The van der Waals surface area contributed by atoms with E-state index in [1.165, 1.54) is 6.07 Å². The third kappa shape index (κ3) is 1.62. The highest BCUT2D eigenvalue weighted by Crippen LogP contribution is 2.30. The van der Waals surface area contributed by atoms with E-state index in [9.17, 15) is 23.2 Å². The Kier molecular flexibility index (Phi) is 2.15. The first-order valence-electron chi connectivity index (χ1n) is 4.32. The molecule has 0 spiro atoms. The van der Waals surface area contributed by atoms with Gasteiger partial charge in [-0.15, -0.1) is 4.73 Å². The molecular formula is C10H6F3NO2.